The van der Waals surface area contributed by atoms with Gasteiger partial charge in [-0.05, 0) is 36.0 Å². The van der Waals surface area contributed by atoms with Crippen LogP contribution in [0.25, 0.3) is 0 Å². The van der Waals surface area contributed by atoms with Gasteiger partial charge < -0.3 is 15.0 Å². The zero-order valence-corrected chi connectivity index (χ0v) is 19.5. The number of carbonyl (C=O) groups is 1. The molecule has 0 spiro atoms. The number of rotatable bonds is 7. The Kier molecular flexibility index (Phi) is 6.92. The molecule has 2 aromatic carbocycles. The van der Waals surface area contributed by atoms with Crippen LogP contribution in [0.1, 0.15) is 35.6 Å². The largest absolute Gasteiger partial charge is 0.378 e. The lowest BCUT2D eigenvalue weighted by atomic mass is 9.88. The van der Waals surface area contributed by atoms with E-state index in [1.54, 1.807) is 0 Å². The van der Waals surface area contributed by atoms with Crippen LogP contribution < -0.4 is 10.2 Å². The molecule has 33 heavy (non-hydrogen) atoms. The van der Waals surface area contributed by atoms with Crippen LogP contribution in [0.2, 0.25) is 0 Å². The SMILES string of the molecule is O=C(CSc1nnc(N2CCOCC2)n1Cc1ccccc1)NC1CCCc2ccccc21. The predicted octanol–water partition coefficient (Wildman–Crippen LogP) is 3.45. The van der Waals surface area contributed by atoms with Crippen LogP contribution in [0.3, 0.4) is 0 Å². The van der Waals surface area contributed by atoms with Crippen molar-refractivity contribution < 1.29 is 9.53 Å². The van der Waals surface area contributed by atoms with Gasteiger partial charge in [0.2, 0.25) is 11.9 Å². The second-order valence-electron chi connectivity index (χ2n) is 8.45. The lowest BCUT2D eigenvalue weighted by Gasteiger charge is -2.28. The van der Waals surface area contributed by atoms with E-state index in [-0.39, 0.29) is 11.9 Å². The van der Waals surface area contributed by atoms with Crippen molar-refractivity contribution in [3.63, 3.8) is 0 Å². The first-order chi connectivity index (χ1) is 16.3. The van der Waals surface area contributed by atoms with E-state index in [1.807, 2.05) is 18.2 Å². The average Bonchev–Trinajstić information content (AvgIpc) is 3.26. The van der Waals surface area contributed by atoms with Gasteiger partial charge in [-0.15, -0.1) is 10.2 Å². The van der Waals surface area contributed by atoms with E-state index in [0.29, 0.717) is 25.5 Å². The zero-order chi connectivity index (χ0) is 22.5. The third-order valence-corrected chi connectivity index (χ3v) is 7.18. The maximum absolute atomic E-state index is 12.9. The molecule has 1 fully saturated rings. The molecule has 1 N–H and O–H groups in total. The lowest BCUT2D eigenvalue weighted by molar-refractivity contribution is -0.119. The van der Waals surface area contributed by atoms with E-state index in [1.165, 1.54) is 28.5 Å². The van der Waals surface area contributed by atoms with Gasteiger partial charge in [0.25, 0.3) is 0 Å². The number of nitrogens with zero attached hydrogens (tertiary/aromatic N) is 4. The van der Waals surface area contributed by atoms with Crippen molar-refractivity contribution in [2.45, 2.75) is 37.0 Å². The number of aromatic nitrogens is 3. The minimum atomic E-state index is 0.0314. The monoisotopic (exact) mass is 463 g/mol. The van der Waals surface area contributed by atoms with Crippen molar-refractivity contribution in [2.24, 2.45) is 0 Å². The van der Waals surface area contributed by atoms with Crippen LogP contribution in [-0.4, -0.2) is 52.7 Å². The quantitative estimate of drug-likeness (QED) is 0.541. The molecule has 1 aromatic heterocycles. The summed E-state index contributed by atoms with van der Waals surface area (Å²) in [5.74, 6) is 1.18. The van der Waals surface area contributed by atoms with Crippen LogP contribution in [0, 0.1) is 0 Å². The molecule has 3 aromatic rings. The average molecular weight is 464 g/mol. The Morgan fingerprint density at radius 1 is 1.06 bits per heavy atom. The lowest BCUT2D eigenvalue weighted by Crippen LogP contribution is -2.38. The predicted molar refractivity (Wildman–Crippen MR) is 130 cm³/mol. The molecule has 8 heteroatoms. The molecule has 2 heterocycles. The molecule has 1 amide bonds. The second-order valence-corrected chi connectivity index (χ2v) is 9.40. The number of hydrogen-bond acceptors (Lipinski definition) is 6. The van der Waals surface area contributed by atoms with Crippen molar-refractivity contribution in [2.75, 3.05) is 37.0 Å². The first-order valence-electron chi connectivity index (χ1n) is 11.6. The number of benzene rings is 2. The van der Waals surface area contributed by atoms with Crippen molar-refractivity contribution in [1.29, 1.82) is 0 Å². The third kappa shape index (κ3) is 5.23. The van der Waals surface area contributed by atoms with E-state index in [2.05, 4.69) is 61.4 Å². The van der Waals surface area contributed by atoms with Crippen LogP contribution in [0.15, 0.2) is 59.8 Å². The van der Waals surface area contributed by atoms with Gasteiger partial charge in [0.05, 0.1) is 31.6 Å². The maximum Gasteiger partial charge on any atom is 0.230 e. The fourth-order valence-corrected chi connectivity index (χ4v) is 5.30. The van der Waals surface area contributed by atoms with Gasteiger partial charge in [-0.2, -0.15) is 0 Å². The Bertz CT molecular complexity index is 1080. The number of amides is 1. The third-order valence-electron chi connectivity index (χ3n) is 6.21. The summed E-state index contributed by atoms with van der Waals surface area (Å²) in [5, 5.41) is 12.9. The minimum absolute atomic E-state index is 0.0314. The summed E-state index contributed by atoms with van der Waals surface area (Å²) in [5.41, 5.74) is 3.78. The molecule has 0 radical (unpaired) electrons. The number of anilines is 1. The van der Waals surface area contributed by atoms with Gasteiger partial charge >= 0.3 is 0 Å². The highest BCUT2D eigenvalue weighted by atomic mass is 32.2. The van der Waals surface area contributed by atoms with E-state index in [9.17, 15) is 4.79 Å². The number of nitrogens with one attached hydrogen (secondary N) is 1. The molecular weight excluding hydrogens is 434 g/mol. The van der Waals surface area contributed by atoms with Crippen LogP contribution in [0.5, 0.6) is 0 Å². The molecule has 0 saturated carbocycles. The fraction of sp³-hybridized carbons (Fsp3) is 0.400. The molecule has 172 valence electrons. The minimum Gasteiger partial charge on any atom is -0.378 e. The Labute approximate surface area is 198 Å². The molecule has 2 aliphatic rings. The number of morpholine rings is 1. The number of aryl methyl sites for hydroxylation is 1. The van der Waals surface area contributed by atoms with E-state index < -0.39 is 0 Å². The van der Waals surface area contributed by atoms with Gasteiger partial charge in [-0.1, -0.05) is 66.4 Å². The standard InChI is InChI=1S/C25H29N5O2S/c31-23(26-22-12-6-10-20-9-4-5-11-21(20)22)18-33-25-28-27-24(29-13-15-32-16-14-29)30(25)17-19-7-2-1-3-8-19/h1-5,7-9,11,22H,6,10,12-18H2,(H,26,31). The van der Waals surface area contributed by atoms with Crippen LogP contribution >= 0.6 is 11.8 Å². The molecule has 1 aliphatic carbocycles. The highest BCUT2D eigenvalue weighted by Gasteiger charge is 2.24. The topological polar surface area (TPSA) is 72.3 Å². The normalized spacial score (nSPS) is 18.1. The number of carbonyl (C=O) groups excluding carboxylic acids is 1. The molecule has 1 saturated heterocycles. The number of fused-ring (bicyclic) bond motifs is 1. The number of thioether (sulfide) groups is 1. The van der Waals surface area contributed by atoms with Crippen molar-refractivity contribution in [3.05, 3.63) is 71.3 Å². The van der Waals surface area contributed by atoms with Crippen molar-refractivity contribution in [1.82, 2.24) is 20.1 Å². The highest BCUT2D eigenvalue weighted by Crippen LogP contribution is 2.30. The maximum atomic E-state index is 12.9. The summed E-state index contributed by atoms with van der Waals surface area (Å²) in [7, 11) is 0. The smallest absolute Gasteiger partial charge is 0.230 e. The van der Waals surface area contributed by atoms with E-state index in [4.69, 9.17) is 4.74 Å². The highest BCUT2D eigenvalue weighted by molar-refractivity contribution is 7.99. The fourth-order valence-electron chi connectivity index (χ4n) is 4.56. The summed E-state index contributed by atoms with van der Waals surface area (Å²) >= 11 is 1.45. The van der Waals surface area contributed by atoms with E-state index >= 15 is 0 Å². The number of ether oxygens (including phenoxy) is 1. The molecule has 7 nitrogen and oxygen atoms in total. The summed E-state index contributed by atoms with van der Waals surface area (Å²) in [6.07, 6.45) is 3.17. The Balaban J connectivity index is 1.29. The molecule has 1 aliphatic heterocycles. The summed E-state index contributed by atoms with van der Waals surface area (Å²) in [6, 6.07) is 18.8. The number of hydrogen-bond donors (Lipinski definition) is 1. The first-order valence-corrected chi connectivity index (χ1v) is 12.6. The van der Waals surface area contributed by atoms with Crippen LogP contribution in [-0.2, 0) is 22.5 Å². The van der Waals surface area contributed by atoms with Crippen molar-refractivity contribution in [3.8, 4) is 0 Å². The van der Waals surface area contributed by atoms with E-state index in [0.717, 1.165) is 43.5 Å². The van der Waals surface area contributed by atoms with Gasteiger partial charge in [0.15, 0.2) is 5.16 Å². The molecule has 1 unspecified atom stereocenters. The van der Waals surface area contributed by atoms with Gasteiger partial charge in [0, 0.05) is 13.1 Å². The van der Waals surface area contributed by atoms with Gasteiger partial charge in [-0.25, -0.2) is 0 Å². The summed E-state index contributed by atoms with van der Waals surface area (Å²) in [6.45, 7) is 3.62. The first kappa shape index (κ1) is 22.0. The van der Waals surface area contributed by atoms with Crippen LogP contribution in [0.4, 0.5) is 5.95 Å². The Morgan fingerprint density at radius 2 is 1.85 bits per heavy atom. The summed E-state index contributed by atoms with van der Waals surface area (Å²) < 4.78 is 7.62. The second kappa shape index (κ2) is 10.4. The van der Waals surface area contributed by atoms with Gasteiger partial charge in [0.1, 0.15) is 0 Å². The summed E-state index contributed by atoms with van der Waals surface area (Å²) in [4.78, 5) is 15.1. The zero-order valence-electron chi connectivity index (χ0n) is 18.7. The Hall–Kier alpha value is -2.84. The van der Waals surface area contributed by atoms with Crippen molar-refractivity contribution >= 4 is 23.6 Å². The molecular formula is C25H29N5O2S. The molecule has 0 bridgehead atoms. The Morgan fingerprint density at radius 3 is 2.70 bits per heavy atom. The molecule has 1 atom stereocenters. The van der Waals surface area contributed by atoms with Gasteiger partial charge in [-0.3, -0.25) is 9.36 Å². The molecule has 5 rings (SSSR count).